The van der Waals surface area contributed by atoms with Gasteiger partial charge < -0.3 is 10.2 Å². The lowest BCUT2D eigenvalue weighted by atomic mass is 9.93. The summed E-state index contributed by atoms with van der Waals surface area (Å²) in [5.74, 6) is 0.947. The maximum Gasteiger partial charge on any atom is 0.134 e. The Hall–Kier alpha value is -1.77. The summed E-state index contributed by atoms with van der Waals surface area (Å²) < 4.78 is 5.95. The minimum atomic E-state index is -0.234. The van der Waals surface area contributed by atoms with Gasteiger partial charge in [-0.15, -0.1) is 0 Å². The molecule has 0 saturated carbocycles. The number of furan rings is 1. The smallest absolute Gasteiger partial charge is 0.134 e. The van der Waals surface area contributed by atoms with Gasteiger partial charge in [0.05, 0.1) is 6.04 Å². The van der Waals surface area contributed by atoms with E-state index in [1.54, 1.807) is 0 Å². The van der Waals surface area contributed by atoms with Crippen molar-refractivity contribution >= 4 is 22.6 Å². The molecular formula is C18H18ClNO. The Kier molecular flexibility index (Phi) is 3.75. The molecule has 0 amide bonds. The highest BCUT2D eigenvalue weighted by Gasteiger charge is 2.21. The Morgan fingerprint density at radius 2 is 1.90 bits per heavy atom. The first-order valence-electron chi connectivity index (χ1n) is 7.14. The number of rotatable bonds is 3. The molecule has 2 N–H and O–H groups in total. The Bertz CT molecular complexity index is 791. The second kappa shape index (κ2) is 5.55. The van der Waals surface area contributed by atoms with Crippen LogP contribution in [0.1, 0.15) is 35.4 Å². The minimum absolute atomic E-state index is 0.234. The third kappa shape index (κ3) is 2.35. The molecule has 1 atom stereocenters. The molecule has 1 unspecified atom stereocenters. The van der Waals surface area contributed by atoms with Gasteiger partial charge in [0, 0.05) is 22.4 Å². The largest absolute Gasteiger partial charge is 0.461 e. The van der Waals surface area contributed by atoms with Crippen LogP contribution in [-0.4, -0.2) is 0 Å². The molecule has 0 radical (unpaired) electrons. The van der Waals surface area contributed by atoms with Crippen LogP contribution in [0.3, 0.4) is 0 Å². The summed E-state index contributed by atoms with van der Waals surface area (Å²) in [6.45, 7) is 4.09. The second-order valence-corrected chi connectivity index (χ2v) is 5.63. The molecule has 0 aliphatic rings. The topological polar surface area (TPSA) is 39.2 Å². The summed E-state index contributed by atoms with van der Waals surface area (Å²) in [5, 5.41) is 1.83. The molecule has 3 rings (SSSR count). The van der Waals surface area contributed by atoms with Crippen LogP contribution in [0.4, 0.5) is 0 Å². The number of fused-ring (bicyclic) bond motifs is 1. The number of para-hydroxylation sites is 1. The molecule has 0 fully saturated rings. The van der Waals surface area contributed by atoms with Crippen molar-refractivity contribution in [3.63, 3.8) is 0 Å². The molecule has 108 valence electrons. The molecule has 0 saturated heterocycles. The zero-order valence-electron chi connectivity index (χ0n) is 12.2. The number of nitrogens with two attached hydrogens (primary N) is 1. The molecule has 21 heavy (non-hydrogen) atoms. The highest BCUT2D eigenvalue weighted by molar-refractivity contribution is 6.31. The monoisotopic (exact) mass is 299 g/mol. The highest BCUT2D eigenvalue weighted by atomic mass is 35.5. The molecule has 3 heteroatoms. The number of hydrogen-bond acceptors (Lipinski definition) is 2. The summed E-state index contributed by atoms with van der Waals surface area (Å²) in [5.41, 5.74) is 10.6. The van der Waals surface area contributed by atoms with Gasteiger partial charge in [-0.3, -0.25) is 0 Å². The summed E-state index contributed by atoms with van der Waals surface area (Å²) >= 11 is 6.23. The van der Waals surface area contributed by atoms with Crippen molar-refractivity contribution in [3.8, 4) is 0 Å². The Balaban J connectivity index is 2.21. The van der Waals surface area contributed by atoms with E-state index in [4.69, 9.17) is 21.8 Å². The van der Waals surface area contributed by atoms with E-state index < -0.39 is 0 Å². The fourth-order valence-corrected chi connectivity index (χ4v) is 3.02. The van der Waals surface area contributed by atoms with Gasteiger partial charge in [-0.05, 0) is 30.2 Å². The van der Waals surface area contributed by atoms with E-state index in [0.29, 0.717) is 0 Å². The summed E-state index contributed by atoms with van der Waals surface area (Å²) in [4.78, 5) is 0. The number of halogens is 1. The van der Waals surface area contributed by atoms with Crippen molar-refractivity contribution in [3.05, 3.63) is 69.9 Å². The average Bonchev–Trinajstić information content (AvgIpc) is 2.88. The van der Waals surface area contributed by atoms with Crippen LogP contribution in [0.15, 0.2) is 46.9 Å². The molecule has 2 nitrogen and oxygen atoms in total. The molecule has 1 aromatic heterocycles. The van der Waals surface area contributed by atoms with E-state index in [0.717, 1.165) is 44.9 Å². The Labute approximate surface area is 129 Å². The van der Waals surface area contributed by atoms with E-state index in [9.17, 15) is 0 Å². The van der Waals surface area contributed by atoms with Crippen LogP contribution in [-0.2, 0) is 6.42 Å². The summed E-state index contributed by atoms with van der Waals surface area (Å²) in [6, 6.07) is 13.7. The standard InChI is InChI=1S/C18H18ClNO/c1-3-15-17(13-7-4-5-10-16(13)21-15)18(20)12-8-6-9-14(19)11(12)2/h4-10,18H,3,20H2,1-2H3. The zero-order chi connectivity index (χ0) is 15.0. The van der Waals surface area contributed by atoms with Crippen LogP contribution in [0, 0.1) is 6.92 Å². The Morgan fingerprint density at radius 1 is 1.14 bits per heavy atom. The number of aryl methyl sites for hydroxylation is 1. The summed E-state index contributed by atoms with van der Waals surface area (Å²) in [6.07, 6.45) is 0.817. The van der Waals surface area contributed by atoms with Gasteiger partial charge in [0.15, 0.2) is 0 Å². The third-order valence-electron chi connectivity index (χ3n) is 3.99. The van der Waals surface area contributed by atoms with Crippen molar-refractivity contribution in [2.75, 3.05) is 0 Å². The van der Waals surface area contributed by atoms with E-state index in [-0.39, 0.29) is 6.04 Å². The third-order valence-corrected chi connectivity index (χ3v) is 4.40. The maximum absolute atomic E-state index is 6.55. The molecule has 0 aliphatic carbocycles. The lowest BCUT2D eigenvalue weighted by molar-refractivity contribution is 0.546. The quantitative estimate of drug-likeness (QED) is 0.738. The van der Waals surface area contributed by atoms with Gasteiger partial charge in [-0.25, -0.2) is 0 Å². The van der Waals surface area contributed by atoms with Crippen LogP contribution in [0.2, 0.25) is 5.02 Å². The lowest BCUT2D eigenvalue weighted by Crippen LogP contribution is -2.14. The van der Waals surface area contributed by atoms with Gasteiger partial charge in [-0.1, -0.05) is 48.9 Å². The number of benzene rings is 2. The fraction of sp³-hybridized carbons (Fsp3) is 0.222. The van der Waals surface area contributed by atoms with Crippen molar-refractivity contribution in [2.45, 2.75) is 26.3 Å². The molecule has 0 bridgehead atoms. The van der Waals surface area contributed by atoms with Crippen LogP contribution >= 0.6 is 11.6 Å². The normalized spacial score (nSPS) is 12.8. The average molecular weight is 300 g/mol. The molecule has 0 aliphatic heterocycles. The predicted molar refractivity (Wildman–Crippen MR) is 87.8 cm³/mol. The summed E-state index contributed by atoms with van der Waals surface area (Å²) in [7, 11) is 0. The van der Waals surface area contributed by atoms with E-state index >= 15 is 0 Å². The van der Waals surface area contributed by atoms with Gasteiger partial charge >= 0.3 is 0 Å². The van der Waals surface area contributed by atoms with Crippen molar-refractivity contribution < 1.29 is 4.42 Å². The Morgan fingerprint density at radius 3 is 2.67 bits per heavy atom. The molecule has 0 spiro atoms. The first kappa shape index (κ1) is 14.2. The van der Waals surface area contributed by atoms with Gasteiger partial charge in [0.2, 0.25) is 0 Å². The molecule has 2 aromatic carbocycles. The van der Waals surface area contributed by atoms with Crippen molar-refractivity contribution in [2.24, 2.45) is 5.73 Å². The van der Waals surface area contributed by atoms with E-state index in [1.165, 1.54) is 0 Å². The van der Waals surface area contributed by atoms with E-state index in [2.05, 4.69) is 13.0 Å². The number of hydrogen-bond donors (Lipinski definition) is 1. The zero-order valence-corrected chi connectivity index (χ0v) is 12.9. The highest BCUT2D eigenvalue weighted by Crippen LogP contribution is 2.35. The second-order valence-electron chi connectivity index (χ2n) is 5.22. The first-order chi connectivity index (χ1) is 10.1. The van der Waals surface area contributed by atoms with Gasteiger partial charge in [0.25, 0.3) is 0 Å². The van der Waals surface area contributed by atoms with Crippen LogP contribution in [0.5, 0.6) is 0 Å². The SMILES string of the molecule is CCc1oc2ccccc2c1C(N)c1cccc(Cl)c1C. The lowest BCUT2D eigenvalue weighted by Gasteiger charge is -2.16. The van der Waals surface area contributed by atoms with Gasteiger partial charge in [0.1, 0.15) is 11.3 Å². The van der Waals surface area contributed by atoms with Gasteiger partial charge in [-0.2, -0.15) is 0 Å². The van der Waals surface area contributed by atoms with Crippen LogP contribution in [0.25, 0.3) is 11.0 Å². The maximum atomic E-state index is 6.55. The fourth-order valence-electron chi connectivity index (χ4n) is 2.84. The molecular weight excluding hydrogens is 282 g/mol. The predicted octanol–water partition coefficient (Wildman–Crippen LogP) is 5.01. The molecule has 1 heterocycles. The van der Waals surface area contributed by atoms with Crippen molar-refractivity contribution in [1.82, 2.24) is 0 Å². The van der Waals surface area contributed by atoms with Crippen LogP contribution < -0.4 is 5.73 Å². The van der Waals surface area contributed by atoms with E-state index in [1.807, 2.05) is 43.3 Å². The van der Waals surface area contributed by atoms with Crippen molar-refractivity contribution in [1.29, 1.82) is 0 Å². The minimum Gasteiger partial charge on any atom is -0.461 e. The first-order valence-corrected chi connectivity index (χ1v) is 7.52. The molecule has 3 aromatic rings.